The number of aryl methyl sites for hydroxylation is 3. The van der Waals surface area contributed by atoms with Crippen molar-refractivity contribution >= 4 is 17.5 Å². The normalized spacial score (nSPS) is 10.8. The van der Waals surface area contributed by atoms with E-state index in [0.29, 0.717) is 23.9 Å². The summed E-state index contributed by atoms with van der Waals surface area (Å²) < 4.78 is 6.68. The van der Waals surface area contributed by atoms with Crippen LogP contribution in [-0.2, 0) is 6.54 Å². The van der Waals surface area contributed by atoms with Crippen LogP contribution in [0.2, 0.25) is 0 Å². The molecule has 3 heterocycles. The van der Waals surface area contributed by atoms with Crippen molar-refractivity contribution in [3.63, 3.8) is 0 Å². The Morgan fingerprint density at radius 2 is 2.20 bits per heavy atom. The Morgan fingerprint density at radius 1 is 1.44 bits per heavy atom. The van der Waals surface area contributed by atoms with Crippen molar-refractivity contribution in [2.24, 2.45) is 0 Å². The van der Waals surface area contributed by atoms with Gasteiger partial charge in [-0.1, -0.05) is 0 Å². The lowest BCUT2D eigenvalue weighted by atomic mass is 10.3. The van der Waals surface area contributed by atoms with E-state index >= 15 is 0 Å². The van der Waals surface area contributed by atoms with Crippen LogP contribution in [0.3, 0.4) is 0 Å². The Kier molecular flexibility index (Phi) is 4.05. The van der Waals surface area contributed by atoms with E-state index in [1.807, 2.05) is 0 Å². The van der Waals surface area contributed by atoms with Gasteiger partial charge in [-0.15, -0.1) is 5.10 Å². The first-order chi connectivity index (χ1) is 11.9. The number of rotatable bonds is 5. The van der Waals surface area contributed by atoms with E-state index in [4.69, 9.17) is 4.42 Å². The van der Waals surface area contributed by atoms with Crippen molar-refractivity contribution in [2.75, 3.05) is 5.32 Å². The first-order valence-corrected chi connectivity index (χ1v) is 7.43. The molecule has 0 aliphatic rings. The van der Waals surface area contributed by atoms with Crippen LogP contribution in [0.15, 0.2) is 16.5 Å². The summed E-state index contributed by atoms with van der Waals surface area (Å²) in [5.41, 5.74) is -0.319. The van der Waals surface area contributed by atoms with Gasteiger partial charge in [-0.2, -0.15) is 10.1 Å². The Morgan fingerprint density at radius 3 is 2.80 bits per heavy atom. The van der Waals surface area contributed by atoms with Gasteiger partial charge >= 0.3 is 5.69 Å². The lowest BCUT2D eigenvalue weighted by Crippen LogP contribution is -2.19. The number of nitrogens with zero attached hydrogens (tertiary/aromatic N) is 5. The average molecular weight is 345 g/mol. The summed E-state index contributed by atoms with van der Waals surface area (Å²) in [6.07, 6.45) is 0. The Hall–Kier alpha value is -3.50. The molecule has 0 saturated carbocycles. The van der Waals surface area contributed by atoms with Gasteiger partial charge in [0.1, 0.15) is 11.5 Å². The van der Waals surface area contributed by atoms with Crippen molar-refractivity contribution in [2.45, 2.75) is 27.3 Å². The fourth-order valence-electron chi connectivity index (χ4n) is 2.39. The zero-order chi connectivity index (χ0) is 18.1. The SMILES string of the molecule is CCn1nc(C)c([N+](=O)[O-])c1C(=O)Nc1n[nH]c(-c2ccc(C)o2)n1. The minimum atomic E-state index is -0.713. The van der Waals surface area contributed by atoms with Gasteiger partial charge in [0.25, 0.3) is 5.91 Å². The zero-order valence-corrected chi connectivity index (χ0v) is 13.7. The molecule has 3 aromatic heterocycles. The van der Waals surface area contributed by atoms with E-state index in [0.717, 1.165) is 0 Å². The molecule has 2 N–H and O–H groups in total. The summed E-state index contributed by atoms with van der Waals surface area (Å²) in [6, 6.07) is 3.48. The Balaban J connectivity index is 1.88. The Bertz CT molecular complexity index is 952. The van der Waals surface area contributed by atoms with E-state index in [-0.39, 0.29) is 23.0 Å². The number of aromatic amines is 1. The molecule has 0 saturated heterocycles. The molecule has 0 fully saturated rings. The summed E-state index contributed by atoms with van der Waals surface area (Å²) in [6.45, 7) is 5.31. The lowest BCUT2D eigenvalue weighted by Gasteiger charge is -2.03. The second kappa shape index (κ2) is 6.19. The van der Waals surface area contributed by atoms with Gasteiger partial charge in [0.05, 0.1) is 4.92 Å². The van der Waals surface area contributed by atoms with Crippen LogP contribution < -0.4 is 5.32 Å². The predicted octanol–water partition coefficient (Wildman–Crippen LogP) is 2.06. The number of H-pyrrole nitrogens is 1. The van der Waals surface area contributed by atoms with Crippen molar-refractivity contribution in [1.82, 2.24) is 25.0 Å². The van der Waals surface area contributed by atoms with Crippen molar-refractivity contribution < 1.29 is 14.1 Å². The number of carbonyl (C=O) groups excluding carboxylic acids is 1. The molecule has 130 valence electrons. The molecule has 0 spiro atoms. The molecule has 3 rings (SSSR count). The van der Waals surface area contributed by atoms with Crippen LogP contribution in [0.1, 0.15) is 28.9 Å². The van der Waals surface area contributed by atoms with Crippen molar-refractivity contribution in [1.29, 1.82) is 0 Å². The van der Waals surface area contributed by atoms with Crippen molar-refractivity contribution in [3.05, 3.63) is 39.4 Å². The highest BCUT2D eigenvalue weighted by Crippen LogP contribution is 2.24. The number of furan rings is 1. The van der Waals surface area contributed by atoms with Crippen LogP contribution in [0, 0.1) is 24.0 Å². The second-order valence-corrected chi connectivity index (χ2v) is 5.23. The van der Waals surface area contributed by atoms with Crippen LogP contribution in [0.5, 0.6) is 0 Å². The van der Waals surface area contributed by atoms with Crippen molar-refractivity contribution in [3.8, 4) is 11.6 Å². The molecule has 0 bridgehead atoms. The maximum Gasteiger partial charge on any atom is 0.322 e. The summed E-state index contributed by atoms with van der Waals surface area (Å²) in [5.74, 6) is 0.763. The monoisotopic (exact) mass is 345 g/mol. The van der Waals surface area contributed by atoms with Crippen LogP contribution in [-0.4, -0.2) is 35.8 Å². The standard InChI is InChI=1S/C14H15N7O4/c1-4-20-11(10(21(23)24)8(3)19-20)13(22)16-14-15-12(17-18-14)9-6-5-7(2)25-9/h5-6H,4H2,1-3H3,(H2,15,16,17,18,22). The summed E-state index contributed by atoms with van der Waals surface area (Å²) in [4.78, 5) is 27.2. The number of carbonyl (C=O) groups is 1. The van der Waals surface area contributed by atoms with Gasteiger partial charge in [-0.3, -0.25) is 30.0 Å². The third kappa shape index (κ3) is 2.98. The fraction of sp³-hybridized carbons (Fsp3) is 0.286. The van der Waals surface area contributed by atoms with E-state index < -0.39 is 10.8 Å². The molecular formula is C14H15N7O4. The third-order valence-electron chi connectivity index (χ3n) is 3.48. The molecule has 25 heavy (non-hydrogen) atoms. The first-order valence-electron chi connectivity index (χ1n) is 7.43. The first kappa shape index (κ1) is 16.4. The molecule has 3 aromatic rings. The topological polar surface area (TPSA) is 145 Å². The van der Waals surface area contributed by atoms with Crippen LogP contribution in [0.25, 0.3) is 11.6 Å². The second-order valence-electron chi connectivity index (χ2n) is 5.23. The molecular weight excluding hydrogens is 330 g/mol. The molecule has 0 aliphatic carbocycles. The number of aromatic nitrogens is 5. The number of hydrogen-bond acceptors (Lipinski definition) is 7. The van der Waals surface area contributed by atoms with Gasteiger partial charge in [0.2, 0.25) is 11.6 Å². The van der Waals surface area contributed by atoms with E-state index in [1.54, 1.807) is 26.0 Å². The number of nitro groups is 1. The molecule has 1 amide bonds. The van der Waals surface area contributed by atoms with E-state index in [1.165, 1.54) is 11.6 Å². The summed E-state index contributed by atoms with van der Waals surface area (Å²) in [7, 11) is 0. The highest BCUT2D eigenvalue weighted by molar-refractivity contribution is 6.05. The minimum absolute atomic E-state index is 0.0233. The van der Waals surface area contributed by atoms with E-state index in [9.17, 15) is 14.9 Å². The van der Waals surface area contributed by atoms with Gasteiger partial charge < -0.3 is 4.42 Å². The molecule has 0 aromatic carbocycles. The largest absolute Gasteiger partial charge is 0.458 e. The summed E-state index contributed by atoms with van der Waals surface area (Å²) in [5, 5.41) is 24.2. The van der Waals surface area contributed by atoms with E-state index in [2.05, 4.69) is 25.6 Å². The van der Waals surface area contributed by atoms with Gasteiger partial charge in [0, 0.05) is 6.54 Å². The average Bonchev–Trinajstić information content (AvgIpc) is 3.25. The predicted molar refractivity (Wildman–Crippen MR) is 86.1 cm³/mol. The molecule has 11 nitrogen and oxygen atoms in total. The number of nitrogens with one attached hydrogen (secondary N) is 2. The Labute approximate surface area is 141 Å². The quantitative estimate of drug-likeness (QED) is 0.531. The number of hydrogen-bond donors (Lipinski definition) is 2. The van der Waals surface area contributed by atoms with Crippen LogP contribution >= 0.6 is 0 Å². The molecule has 0 unspecified atom stereocenters. The smallest absolute Gasteiger partial charge is 0.322 e. The number of amides is 1. The molecule has 0 aliphatic heterocycles. The maximum absolute atomic E-state index is 12.5. The summed E-state index contributed by atoms with van der Waals surface area (Å²) >= 11 is 0. The third-order valence-corrected chi connectivity index (χ3v) is 3.48. The minimum Gasteiger partial charge on any atom is -0.458 e. The number of anilines is 1. The highest BCUT2D eigenvalue weighted by atomic mass is 16.6. The maximum atomic E-state index is 12.5. The zero-order valence-electron chi connectivity index (χ0n) is 13.7. The molecule has 11 heteroatoms. The van der Waals surface area contributed by atoms with Gasteiger partial charge in [-0.05, 0) is 32.9 Å². The highest BCUT2D eigenvalue weighted by Gasteiger charge is 2.30. The lowest BCUT2D eigenvalue weighted by molar-refractivity contribution is -0.385. The molecule has 0 atom stereocenters. The molecule has 0 radical (unpaired) electrons. The van der Waals surface area contributed by atoms with Gasteiger partial charge in [-0.25, -0.2) is 0 Å². The van der Waals surface area contributed by atoms with Crippen LogP contribution in [0.4, 0.5) is 11.6 Å². The fourth-order valence-corrected chi connectivity index (χ4v) is 2.39. The van der Waals surface area contributed by atoms with Gasteiger partial charge in [0.15, 0.2) is 11.6 Å².